The van der Waals surface area contributed by atoms with Gasteiger partial charge in [-0.25, -0.2) is 9.78 Å². The number of para-hydroxylation sites is 1. The van der Waals surface area contributed by atoms with E-state index in [1.807, 2.05) is 13.8 Å². The normalized spacial score (nSPS) is 14.9. The number of nitrogens with zero attached hydrogens (tertiary/aromatic N) is 1. The quantitative estimate of drug-likeness (QED) is 0.0249. The van der Waals surface area contributed by atoms with Crippen LogP contribution in [-0.4, -0.2) is 155 Å². The monoisotopic (exact) mass is 1170 g/mol. The summed E-state index contributed by atoms with van der Waals surface area (Å²) in [5, 5.41) is 61.8. The summed E-state index contributed by atoms with van der Waals surface area (Å²) >= 11 is 0. The molecule has 27 nitrogen and oxygen atoms in total. The van der Waals surface area contributed by atoms with Crippen LogP contribution in [-0.2, 0) is 73.6 Å². The van der Waals surface area contributed by atoms with Crippen molar-refractivity contribution in [1.29, 1.82) is 0 Å². The van der Waals surface area contributed by atoms with E-state index in [1.165, 1.54) is 68.0 Å². The number of primary amides is 1. The van der Waals surface area contributed by atoms with E-state index >= 15 is 0 Å². The molecule has 9 amide bonds. The third-order valence-corrected chi connectivity index (χ3v) is 13.4. The Morgan fingerprint density at radius 1 is 0.536 bits per heavy atom. The van der Waals surface area contributed by atoms with Gasteiger partial charge in [0.2, 0.25) is 53.2 Å². The van der Waals surface area contributed by atoms with Crippen LogP contribution in [0.15, 0.2) is 91.5 Å². The number of aliphatic carboxylic acids is 1. The van der Waals surface area contributed by atoms with Gasteiger partial charge in [-0.3, -0.25) is 43.2 Å². The first-order valence-corrected chi connectivity index (χ1v) is 27.1. The number of fused-ring (bicyclic) bond motifs is 1. The van der Waals surface area contributed by atoms with Gasteiger partial charge in [-0.1, -0.05) is 70.2 Å². The molecule has 0 aliphatic heterocycles. The number of carboxylic acids is 1. The number of hydrogen-bond donors (Lipinski definition) is 16. The number of phenolic OH excluding ortho intramolecular Hbond substituents is 2. The molecule has 2 heterocycles. The molecule has 27 heteroatoms. The molecule has 3 aromatic carbocycles. The average molecular weight is 1170 g/mol. The number of imidazole rings is 1. The Hall–Kier alpha value is -9.37. The van der Waals surface area contributed by atoms with E-state index in [2.05, 4.69) is 57.5 Å². The van der Waals surface area contributed by atoms with Gasteiger partial charge in [-0.05, 0) is 79.1 Å². The lowest BCUT2D eigenvalue weighted by atomic mass is 9.99. The van der Waals surface area contributed by atoms with Gasteiger partial charge < -0.3 is 84.4 Å². The van der Waals surface area contributed by atoms with Crippen LogP contribution in [0.3, 0.4) is 0 Å². The maximum Gasteiger partial charge on any atom is 0.326 e. The standard InChI is InChI=1S/C57H75N13O14/c1-28(2)19-40(63-49(75)30(5)58)50(76)66-43(22-34-25-61-39-10-8-7-9-38(34)39)52(78)64-41(20-32-11-15-36(72)16-12-32)51(77)67-45(24-46(59)74)55(81)70-48(31(6)71)56(82)68-44(23-35-26-60-27-62-35)53(79)65-42(21-33-13-17-37(73)18-14-33)54(80)69-47(29(3)4)57(83)84/h7-18,25-31,40-45,47-48,61,71-73H,19-24,58H2,1-6H3,(H2,59,74)(H,60,62)(H,63,75)(H,64,78)(H,65,79)(H,66,76)(H,67,77)(H,68,82)(H,69,80)(H,70,81)(H,83,84)/t30-,31+,40-,41-,42-,43-,44-,45-,47-,48-/m0/s1. The topological polar surface area (TPSA) is 444 Å². The van der Waals surface area contributed by atoms with Crippen molar-refractivity contribution in [1.82, 2.24) is 57.5 Å². The minimum absolute atomic E-state index is 0.0939. The van der Waals surface area contributed by atoms with Crippen LogP contribution in [0, 0.1) is 11.8 Å². The summed E-state index contributed by atoms with van der Waals surface area (Å²) in [6.45, 7) is 9.34. The number of carbonyl (C=O) groups is 10. The van der Waals surface area contributed by atoms with E-state index in [9.17, 15) is 68.4 Å². The second kappa shape index (κ2) is 30.6. The van der Waals surface area contributed by atoms with E-state index < -0.39 is 132 Å². The van der Waals surface area contributed by atoms with Crippen LogP contribution < -0.4 is 54.0 Å². The number of aliphatic hydroxyl groups is 1. The van der Waals surface area contributed by atoms with Gasteiger partial charge in [0.15, 0.2) is 0 Å². The SMILES string of the molecule is CC(C)C[C@H](NC(=O)[C@H](C)N)C(=O)N[C@@H](Cc1c[nH]c2ccccc12)C(=O)N[C@@H](Cc1ccc(O)cc1)C(=O)N[C@@H](CC(N)=O)C(=O)N[C@H](C(=O)N[C@@H](Cc1cnc[nH]1)C(=O)N[C@@H](Cc1ccc(O)cc1)C(=O)N[C@H](C(=O)O)C(C)C)[C@@H](C)O. The number of aliphatic hydroxyl groups excluding tert-OH is 1. The van der Waals surface area contributed by atoms with Crippen LogP contribution in [0.5, 0.6) is 11.5 Å². The molecule has 5 rings (SSSR count). The summed E-state index contributed by atoms with van der Waals surface area (Å²) in [5.41, 5.74) is 13.8. The molecule has 0 radical (unpaired) electrons. The number of aromatic nitrogens is 3. The summed E-state index contributed by atoms with van der Waals surface area (Å²) in [7, 11) is 0. The predicted molar refractivity (Wildman–Crippen MR) is 304 cm³/mol. The van der Waals surface area contributed by atoms with Gasteiger partial charge in [0, 0.05) is 54.7 Å². The van der Waals surface area contributed by atoms with Crippen molar-refractivity contribution in [3.05, 3.63) is 114 Å². The molecule has 0 saturated heterocycles. The minimum Gasteiger partial charge on any atom is -0.508 e. The van der Waals surface area contributed by atoms with Crippen LogP contribution in [0.4, 0.5) is 0 Å². The van der Waals surface area contributed by atoms with Crippen LogP contribution >= 0.6 is 0 Å². The molecule has 0 spiro atoms. The zero-order chi connectivity index (χ0) is 61.9. The van der Waals surface area contributed by atoms with Crippen molar-refractivity contribution < 1.29 is 68.4 Å². The Labute approximate surface area is 483 Å². The van der Waals surface area contributed by atoms with Gasteiger partial charge in [0.25, 0.3) is 0 Å². The summed E-state index contributed by atoms with van der Waals surface area (Å²) in [4.78, 5) is 147. The van der Waals surface area contributed by atoms with E-state index in [4.69, 9.17) is 11.5 Å². The highest BCUT2D eigenvalue weighted by molar-refractivity contribution is 6.00. The van der Waals surface area contributed by atoms with Gasteiger partial charge in [0.1, 0.15) is 59.8 Å². The second-order valence-electron chi connectivity index (χ2n) is 21.3. The van der Waals surface area contributed by atoms with Crippen molar-refractivity contribution in [2.45, 2.75) is 141 Å². The lowest BCUT2D eigenvalue weighted by Crippen LogP contribution is -2.62. The van der Waals surface area contributed by atoms with Crippen molar-refractivity contribution in [3.63, 3.8) is 0 Å². The summed E-state index contributed by atoms with van der Waals surface area (Å²) in [6, 6.07) is 4.91. The Bertz CT molecular complexity index is 3090. The highest BCUT2D eigenvalue weighted by Gasteiger charge is 2.37. The molecule has 452 valence electrons. The van der Waals surface area contributed by atoms with Crippen LogP contribution in [0.25, 0.3) is 10.9 Å². The zero-order valence-electron chi connectivity index (χ0n) is 47.3. The van der Waals surface area contributed by atoms with Crippen molar-refractivity contribution in [2.24, 2.45) is 23.3 Å². The third kappa shape index (κ3) is 19.7. The number of phenols is 2. The summed E-state index contributed by atoms with van der Waals surface area (Å²) in [5.74, 6) is -11.1. The Balaban J connectivity index is 1.43. The van der Waals surface area contributed by atoms with E-state index in [1.54, 1.807) is 44.3 Å². The summed E-state index contributed by atoms with van der Waals surface area (Å²) in [6.07, 6.45) is 0.780. The molecule has 0 fully saturated rings. The van der Waals surface area contributed by atoms with Crippen molar-refractivity contribution in [2.75, 3.05) is 0 Å². The van der Waals surface area contributed by atoms with Crippen LogP contribution in [0.1, 0.15) is 76.8 Å². The fourth-order valence-corrected chi connectivity index (χ4v) is 8.90. The molecule has 0 aliphatic carbocycles. The van der Waals surface area contributed by atoms with Gasteiger partial charge in [-0.15, -0.1) is 0 Å². The number of amides is 9. The zero-order valence-corrected chi connectivity index (χ0v) is 47.3. The maximum atomic E-state index is 14.7. The number of rotatable bonds is 31. The fraction of sp³-hybridized carbons (Fsp3) is 0.421. The van der Waals surface area contributed by atoms with Crippen LogP contribution in [0.2, 0.25) is 0 Å². The third-order valence-electron chi connectivity index (χ3n) is 13.4. The maximum absolute atomic E-state index is 14.7. The number of H-pyrrole nitrogens is 2. The largest absolute Gasteiger partial charge is 0.508 e. The van der Waals surface area contributed by atoms with E-state index in [-0.39, 0.29) is 49.5 Å². The second-order valence-corrected chi connectivity index (χ2v) is 21.3. The van der Waals surface area contributed by atoms with E-state index in [0.29, 0.717) is 33.3 Å². The van der Waals surface area contributed by atoms with Gasteiger partial charge in [-0.2, -0.15) is 0 Å². The molecule has 2 aromatic heterocycles. The molecule has 84 heavy (non-hydrogen) atoms. The smallest absolute Gasteiger partial charge is 0.326 e. The number of nitrogens with two attached hydrogens (primary N) is 2. The van der Waals surface area contributed by atoms with Gasteiger partial charge in [0.05, 0.1) is 24.9 Å². The van der Waals surface area contributed by atoms with Crippen molar-refractivity contribution >= 4 is 70.0 Å². The molecular formula is C57H75N13O14. The number of aromatic amines is 2. The Morgan fingerprint density at radius 2 is 0.988 bits per heavy atom. The number of aromatic hydroxyl groups is 2. The number of benzene rings is 3. The first-order valence-electron chi connectivity index (χ1n) is 27.1. The Kier molecular flexibility index (Phi) is 23.9. The molecular weight excluding hydrogens is 1090 g/mol. The number of carbonyl (C=O) groups excluding carboxylic acids is 9. The first-order chi connectivity index (χ1) is 39.7. The lowest BCUT2D eigenvalue weighted by Gasteiger charge is -2.29. The van der Waals surface area contributed by atoms with Crippen molar-refractivity contribution in [3.8, 4) is 11.5 Å². The number of nitrogens with one attached hydrogen (secondary N) is 10. The predicted octanol–water partition coefficient (Wildman–Crippen LogP) is -1.16. The van der Waals surface area contributed by atoms with E-state index in [0.717, 1.165) is 6.92 Å². The highest BCUT2D eigenvalue weighted by atomic mass is 16.4. The fourth-order valence-electron chi connectivity index (χ4n) is 8.90. The molecule has 0 bridgehead atoms. The number of hydrogen-bond acceptors (Lipinski definition) is 15. The van der Waals surface area contributed by atoms with Gasteiger partial charge >= 0.3 is 5.97 Å². The molecule has 0 saturated carbocycles. The molecule has 0 unspecified atom stereocenters. The molecule has 0 aliphatic rings. The first kappa shape index (κ1) is 65.4. The molecule has 18 N–H and O–H groups in total. The number of carboxylic acid groups (broad SMARTS) is 1. The lowest BCUT2D eigenvalue weighted by molar-refractivity contribution is -0.143. The average Bonchev–Trinajstić information content (AvgIpc) is 3.82. The summed E-state index contributed by atoms with van der Waals surface area (Å²) < 4.78 is 0. The molecule has 5 aromatic rings. The Morgan fingerprint density at radius 3 is 1.46 bits per heavy atom. The minimum atomic E-state index is -1.93. The molecule has 10 atom stereocenters. The highest BCUT2D eigenvalue weighted by Crippen LogP contribution is 2.21.